The van der Waals surface area contributed by atoms with Gasteiger partial charge in [-0.2, -0.15) is 12.6 Å². The first-order valence-electron chi connectivity index (χ1n) is 7.85. The SMILES string of the molecule is CC(C)C(NC(=O)C(N)CCCN=C(N)N)C(=O)NC(CS)C(=O)O. The average Bonchev–Trinajstić information content (AvgIpc) is 2.52. The summed E-state index contributed by atoms with van der Waals surface area (Å²) in [7, 11) is 0. The highest BCUT2D eigenvalue weighted by molar-refractivity contribution is 7.80. The number of carboxylic acids is 1. The van der Waals surface area contributed by atoms with Gasteiger partial charge in [-0.3, -0.25) is 14.6 Å². The minimum absolute atomic E-state index is 0.0354. The van der Waals surface area contributed by atoms with Crippen molar-refractivity contribution in [3.05, 3.63) is 0 Å². The fourth-order valence-corrected chi connectivity index (χ4v) is 2.14. The summed E-state index contributed by atoms with van der Waals surface area (Å²) in [4.78, 5) is 39.2. The lowest BCUT2D eigenvalue weighted by atomic mass is 10.0. The predicted octanol–water partition coefficient (Wildman–Crippen LogP) is -1.99. The fourth-order valence-electron chi connectivity index (χ4n) is 1.89. The van der Waals surface area contributed by atoms with Gasteiger partial charge in [0, 0.05) is 12.3 Å². The molecule has 0 fully saturated rings. The number of nitrogens with two attached hydrogens (primary N) is 3. The zero-order chi connectivity index (χ0) is 19.6. The molecule has 0 radical (unpaired) electrons. The van der Waals surface area contributed by atoms with Crippen LogP contribution in [0.3, 0.4) is 0 Å². The number of rotatable bonds is 11. The third-order valence-corrected chi connectivity index (χ3v) is 3.71. The van der Waals surface area contributed by atoms with Crippen molar-refractivity contribution in [2.24, 2.45) is 28.1 Å². The molecule has 0 bridgehead atoms. The zero-order valence-electron chi connectivity index (χ0n) is 14.4. The number of aliphatic imine (C=N–C) groups is 1. The van der Waals surface area contributed by atoms with E-state index in [2.05, 4.69) is 28.3 Å². The van der Waals surface area contributed by atoms with E-state index in [0.29, 0.717) is 19.4 Å². The van der Waals surface area contributed by atoms with Crippen LogP contribution in [0.25, 0.3) is 0 Å². The van der Waals surface area contributed by atoms with Crippen LogP contribution in [0.5, 0.6) is 0 Å². The van der Waals surface area contributed by atoms with E-state index in [-0.39, 0.29) is 17.6 Å². The van der Waals surface area contributed by atoms with Crippen LogP contribution in [0, 0.1) is 5.92 Å². The number of nitrogens with zero attached hydrogens (tertiary/aromatic N) is 1. The van der Waals surface area contributed by atoms with Crippen molar-refractivity contribution >= 4 is 36.4 Å². The van der Waals surface area contributed by atoms with Gasteiger partial charge in [0.05, 0.1) is 6.04 Å². The molecule has 0 aliphatic heterocycles. The van der Waals surface area contributed by atoms with Crippen LogP contribution in [0.15, 0.2) is 4.99 Å². The third-order valence-electron chi connectivity index (χ3n) is 3.35. The molecule has 10 nitrogen and oxygen atoms in total. The molecule has 11 heteroatoms. The smallest absolute Gasteiger partial charge is 0.327 e. The predicted molar refractivity (Wildman–Crippen MR) is 98.1 cm³/mol. The number of hydrogen-bond acceptors (Lipinski definition) is 6. The lowest BCUT2D eigenvalue weighted by Crippen LogP contribution is -2.56. The Kier molecular flexibility index (Phi) is 10.6. The highest BCUT2D eigenvalue weighted by Crippen LogP contribution is 2.05. The number of carbonyl (C=O) groups is 3. The van der Waals surface area contributed by atoms with Gasteiger partial charge in [0.2, 0.25) is 11.8 Å². The molecular formula is C14H28N6O4S. The number of guanidine groups is 1. The van der Waals surface area contributed by atoms with Gasteiger partial charge in [-0.15, -0.1) is 0 Å². The van der Waals surface area contributed by atoms with Gasteiger partial charge in [0.25, 0.3) is 0 Å². The quantitative estimate of drug-likeness (QED) is 0.0940. The Morgan fingerprint density at radius 3 is 2.20 bits per heavy atom. The lowest BCUT2D eigenvalue weighted by Gasteiger charge is -2.25. The van der Waals surface area contributed by atoms with E-state index in [0.717, 1.165) is 0 Å². The molecule has 0 aromatic carbocycles. The van der Waals surface area contributed by atoms with Crippen LogP contribution in [0.4, 0.5) is 0 Å². The Hall–Kier alpha value is -2.01. The number of nitrogens with one attached hydrogen (secondary N) is 2. The molecule has 0 saturated carbocycles. The van der Waals surface area contributed by atoms with Gasteiger partial charge in [0.1, 0.15) is 12.1 Å². The van der Waals surface area contributed by atoms with Crippen LogP contribution >= 0.6 is 12.6 Å². The van der Waals surface area contributed by atoms with Crippen molar-refractivity contribution in [3.63, 3.8) is 0 Å². The number of aliphatic carboxylic acids is 1. The van der Waals surface area contributed by atoms with Crippen molar-refractivity contribution in [3.8, 4) is 0 Å². The second kappa shape index (κ2) is 11.5. The van der Waals surface area contributed by atoms with E-state index in [9.17, 15) is 14.4 Å². The molecule has 0 rings (SSSR count). The van der Waals surface area contributed by atoms with E-state index in [1.165, 1.54) is 0 Å². The first kappa shape index (κ1) is 23.0. The molecule has 0 aliphatic carbocycles. The van der Waals surface area contributed by atoms with Crippen molar-refractivity contribution < 1.29 is 19.5 Å². The van der Waals surface area contributed by atoms with Gasteiger partial charge in [0.15, 0.2) is 5.96 Å². The summed E-state index contributed by atoms with van der Waals surface area (Å²) in [6.07, 6.45) is 0.842. The Balaban J connectivity index is 4.68. The summed E-state index contributed by atoms with van der Waals surface area (Å²) in [5.74, 6) is -2.66. The van der Waals surface area contributed by atoms with Crippen molar-refractivity contribution in [2.75, 3.05) is 12.3 Å². The molecule has 0 aromatic rings. The molecule has 3 atom stereocenters. The maximum atomic E-state index is 12.2. The molecule has 3 unspecified atom stereocenters. The molecule has 2 amide bonds. The van der Waals surface area contributed by atoms with Gasteiger partial charge < -0.3 is 32.9 Å². The maximum Gasteiger partial charge on any atom is 0.327 e. The number of amides is 2. The Bertz CT molecular complexity index is 496. The normalized spacial score (nSPS) is 14.3. The van der Waals surface area contributed by atoms with Gasteiger partial charge in [-0.25, -0.2) is 4.79 Å². The summed E-state index contributed by atoms with van der Waals surface area (Å²) in [6.45, 7) is 3.80. The van der Waals surface area contributed by atoms with E-state index < -0.39 is 35.9 Å². The van der Waals surface area contributed by atoms with Crippen LogP contribution < -0.4 is 27.8 Å². The molecular weight excluding hydrogens is 348 g/mol. The first-order valence-corrected chi connectivity index (χ1v) is 8.48. The molecule has 0 spiro atoms. The minimum atomic E-state index is -1.20. The largest absolute Gasteiger partial charge is 0.480 e. The standard InChI is InChI=1S/C14H28N6O4S/c1-7(2)10(12(22)19-9(6-25)13(23)24)20-11(21)8(15)4-3-5-18-14(16)17/h7-10,25H,3-6,15H2,1-2H3,(H,19,22)(H,20,21)(H,23,24)(H4,16,17,18). The average molecular weight is 376 g/mol. The molecule has 0 aliphatic rings. The van der Waals surface area contributed by atoms with Crippen molar-refractivity contribution in [2.45, 2.75) is 44.8 Å². The Morgan fingerprint density at radius 2 is 1.76 bits per heavy atom. The number of carbonyl (C=O) groups excluding carboxylic acids is 2. The summed E-state index contributed by atoms with van der Waals surface area (Å²) in [5.41, 5.74) is 16.2. The van der Waals surface area contributed by atoms with Crippen LogP contribution in [-0.4, -0.2) is 59.3 Å². The van der Waals surface area contributed by atoms with Crippen molar-refractivity contribution in [1.29, 1.82) is 0 Å². The molecule has 9 N–H and O–H groups in total. The van der Waals surface area contributed by atoms with Crippen molar-refractivity contribution in [1.82, 2.24) is 10.6 Å². The first-order chi connectivity index (χ1) is 11.6. The second-order valence-corrected chi connectivity index (χ2v) is 6.23. The molecule has 25 heavy (non-hydrogen) atoms. The Labute approximate surface area is 152 Å². The summed E-state index contributed by atoms with van der Waals surface area (Å²) in [5, 5.41) is 13.9. The van der Waals surface area contributed by atoms with Crippen LogP contribution in [0.1, 0.15) is 26.7 Å². The summed E-state index contributed by atoms with van der Waals surface area (Å²) in [6, 6.07) is -2.87. The molecule has 0 saturated heterocycles. The van der Waals surface area contributed by atoms with Crippen LogP contribution in [-0.2, 0) is 14.4 Å². The monoisotopic (exact) mass is 376 g/mol. The highest BCUT2D eigenvalue weighted by atomic mass is 32.1. The van der Waals surface area contributed by atoms with E-state index in [1.54, 1.807) is 13.8 Å². The summed E-state index contributed by atoms with van der Waals surface area (Å²) >= 11 is 3.88. The number of hydrogen-bond donors (Lipinski definition) is 7. The number of thiol groups is 1. The topological polar surface area (TPSA) is 186 Å². The highest BCUT2D eigenvalue weighted by Gasteiger charge is 2.29. The molecule has 144 valence electrons. The van der Waals surface area contributed by atoms with E-state index in [1.807, 2.05) is 0 Å². The van der Waals surface area contributed by atoms with Gasteiger partial charge in [-0.1, -0.05) is 13.8 Å². The fraction of sp³-hybridized carbons (Fsp3) is 0.714. The van der Waals surface area contributed by atoms with Gasteiger partial charge >= 0.3 is 5.97 Å². The molecule has 0 heterocycles. The van der Waals surface area contributed by atoms with Gasteiger partial charge in [-0.05, 0) is 18.8 Å². The Morgan fingerprint density at radius 1 is 1.16 bits per heavy atom. The molecule has 0 aromatic heterocycles. The maximum absolute atomic E-state index is 12.2. The van der Waals surface area contributed by atoms with E-state index in [4.69, 9.17) is 22.3 Å². The van der Waals surface area contributed by atoms with E-state index >= 15 is 0 Å². The van der Waals surface area contributed by atoms with Crippen LogP contribution in [0.2, 0.25) is 0 Å². The lowest BCUT2D eigenvalue weighted by molar-refractivity contribution is -0.141. The summed E-state index contributed by atoms with van der Waals surface area (Å²) < 4.78 is 0. The second-order valence-electron chi connectivity index (χ2n) is 5.87. The zero-order valence-corrected chi connectivity index (χ0v) is 15.3. The third kappa shape index (κ3) is 9.15. The number of carboxylic acid groups (broad SMARTS) is 1. The minimum Gasteiger partial charge on any atom is -0.480 e.